The number of nitrogen functional groups attached to an aromatic ring is 1. The fraction of sp³-hybridized carbons (Fsp3) is 0.333. The van der Waals surface area contributed by atoms with Gasteiger partial charge in [-0.25, -0.2) is 15.0 Å². The number of imidazole rings is 1. The van der Waals surface area contributed by atoms with E-state index in [4.69, 9.17) is 19.9 Å². The molecule has 1 aromatic carbocycles. The van der Waals surface area contributed by atoms with Gasteiger partial charge in [-0.2, -0.15) is 0 Å². The quantitative estimate of drug-likeness (QED) is 0.424. The van der Waals surface area contributed by atoms with Crippen molar-refractivity contribution >= 4 is 22.9 Å². The first-order chi connectivity index (χ1) is 14.6. The predicted molar refractivity (Wildman–Crippen MR) is 101 cm³/mol. The summed E-state index contributed by atoms with van der Waals surface area (Å²) in [6, 6.07) is 3.88. The molecule has 2 aliphatic heterocycles. The first-order valence-electron chi connectivity index (χ1n) is 9.14. The Hall–Kier alpha value is -3.48. The summed E-state index contributed by atoms with van der Waals surface area (Å²) in [5.41, 5.74) is 6.90. The third kappa shape index (κ3) is 2.89. The third-order valence-corrected chi connectivity index (χ3v) is 5.14. The molecule has 30 heavy (non-hydrogen) atoms. The van der Waals surface area contributed by atoms with Gasteiger partial charge in [0, 0.05) is 5.56 Å². The summed E-state index contributed by atoms with van der Waals surface area (Å²) in [6.07, 6.45) is -0.241. The topological polar surface area (TPSA) is 167 Å². The molecule has 5 rings (SSSR count). The number of hydrogen-bond acceptors (Lipinski definition) is 10. The van der Waals surface area contributed by atoms with Crippen LogP contribution in [0.15, 0.2) is 30.9 Å². The van der Waals surface area contributed by atoms with Crippen molar-refractivity contribution in [2.75, 3.05) is 19.1 Å². The van der Waals surface area contributed by atoms with Crippen LogP contribution in [0.4, 0.5) is 5.82 Å². The number of amides is 1. The molecule has 1 fully saturated rings. The average Bonchev–Trinajstić information content (AvgIpc) is 3.46. The minimum atomic E-state index is -1.17. The minimum absolute atomic E-state index is 0.0918. The van der Waals surface area contributed by atoms with Crippen molar-refractivity contribution in [3.63, 3.8) is 0 Å². The molecule has 2 aromatic heterocycles. The van der Waals surface area contributed by atoms with Crippen molar-refractivity contribution in [3.05, 3.63) is 36.4 Å². The lowest BCUT2D eigenvalue weighted by Crippen LogP contribution is -2.46. The highest BCUT2D eigenvalue weighted by Gasteiger charge is 2.46. The van der Waals surface area contributed by atoms with Crippen molar-refractivity contribution in [1.29, 1.82) is 0 Å². The number of anilines is 1. The highest BCUT2D eigenvalue weighted by atomic mass is 16.7. The molecule has 156 valence electrons. The van der Waals surface area contributed by atoms with Crippen molar-refractivity contribution < 1.29 is 29.2 Å². The zero-order valence-corrected chi connectivity index (χ0v) is 15.5. The number of hydrogen-bond donors (Lipinski definition) is 4. The van der Waals surface area contributed by atoms with Crippen LogP contribution in [-0.2, 0) is 4.74 Å². The Morgan fingerprint density at radius 3 is 2.93 bits per heavy atom. The molecule has 2 aliphatic rings. The third-order valence-electron chi connectivity index (χ3n) is 5.14. The van der Waals surface area contributed by atoms with Gasteiger partial charge >= 0.3 is 0 Å². The molecule has 0 bridgehead atoms. The lowest BCUT2D eigenvalue weighted by Gasteiger charge is -2.23. The normalized spacial score (nSPS) is 25.0. The van der Waals surface area contributed by atoms with Crippen LogP contribution in [0.25, 0.3) is 11.2 Å². The Morgan fingerprint density at radius 2 is 2.10 bits per heavy atom. The van der Waals surface area contributed by atoms with Gasteiger partial charge in [-0.05, 0) is 18.2 Å². The van der Waals surface area contributed by atoms with Gasteiger partial charge in [-0.3, -0.25) is 9.36 Å². The first-order valence-corrected chi connectivity index (χ1v) is 9.14. The maximum absolute atomic E-state index is 12.9. The number of aromatic nitrogens is 4. The number of carbonyl (C=O) groups excluding carboxylic acids is 1. The van der Waals surface area contributed by atoms with Crippen LogP contribution >= 0.6 is 0 Å². The lowest BCUT2D eigenvalue weighted by atomic mass is 10.1. The van der Waals surface area contributed by atoms with E-state index in [1.54, 1.807) is 18.2 Å². The first kappa shape index (κ1) is 18.5. The van der Waals surface area contributed by atoms with Crippen LogP contribution in [0.2, 0.25) is 0 Å². The second-order valence-corrected chi connectivity index (χ2v) is 6.89. The molecular weight excluding hydrogens is 396 g/mol. The molecule has 1 saturated heterocycles. The highest BCUT2D eigenvalue weighted by molar-refractivity contribution is 5.95. The number of benzene rings is 1. The molecule has 5 N–H and O–H groups in total. The average molecular weight is 414 g/mol. The molecule has 4 atom stereocenters. The standard InChI is InChI=1S/C18H18N6O6/c19-15-13-16(21-5-20-15)24(6-22-13)18-12(14(26)11(4-25)30-18)23-17(27)8-1-2-9-10(3-8)29-7-28-9/h1-3,5-6,11-12,14,18,25-26H,4,7H2,(H,23,27)(H2,19,20,21)/t11-,12-,14-,18-/m1/s1. The molecule has 12 nitrogen and oxygen atoms in total. The number of nitrogens with two attached hydrogens (primary N) is 1. The minimum Gasteiger partial charge on any atom is -0.454 e. The van der Waals surface area contributed by atoms with E-state index in [-0.39, 0.29) is 12.6 Å². The van der Waals surface area contributed by atoms with E-state index in [1.807, 2.05) is 0 Å². The smallest absolute Gasteiger partial charge is 0.251 e. The van der Waals surface area contributed by atoms with Crippen molar-refractivity contribution in [2.45, 2.75) is 24.5 Å². The second-order valence-electron chi connectivity index (χ2n) is 6.89. The van der Waals surface area contributed by atoms with Crippen LogP contribution in [0.5, 0.6) is 11.5 Å². The molecule has 0 aliphatic carbocycles. The SMILES string of the molecule is Nc1ncnc2c1ncn2[C@@H]1O[C@H](CO)[C@@H](O)[C@H]1NC(=O)c1ccc2c(c1)OCO2. The maximum atomic E-state index is 12.9. The zero-order valence-electron chi connectivity index (χ0n) is 15.5. The summed E-state index contributed by atoms with van der Waals surface area (Å²) in [6.45, 7) is -0.341. The monoisotopic (exact) mass is 414 g/mol. The van der Waals surface area contributed by atoms with Gasteiger partial charge in [-0.15, -0.1) is 0 Å². The van der Waals surface area contributed by atoms with Gasteiger partial charge in [0.15, 0.2) is 29.2 Å². The number of nitrogens with zero attached hydrogens (tertiary/aromatic N) is 4. The van der Waals surface area contributed by atoms with E-state index < -0.39 is 37.0 Å². The van der Waals surface area contributed by atoms with E-state index in [9.17, 15) is 15.0 Å². The Morgan fingerprint density at radius 1 is 1.27 bits per heavy atom. The Labute approximate surface area is 169 Å². The fourth-order valence-electron chi connectivity index (χ4n) is 3.62. The largest absolute Gasteiger partial charge is 0.454 e. The summed E-state index contributed by atoms with van der Waals surface area (Å²) < 4.78 is 17.9. The van der Waals surface area contributed by atoms with Crippen LogP contribution in [-0.4, -0.2) is 67.3 Å². The Balaban J connectivity index is 1.46. The maximum Gasteiger partial charge on any atom is 0.251 e. The highest BCUT2D eigenvalue weighted by Crippen LogP contribution is 2.34. The predicted octanol–water partition coefficient (Wildman–Crippen LogP) is -0.814. The molecule has 0 radical (unpaired) electrons. The van der Waals surface area contributed by atoms with E-state index in [0.717, 1.165) is 0 Å². The van der Waals surface area contributed by atoms with E-state index in [1.165, 1.54) is 17.2 Å². The van der Waals surface area contributed by atoms with E-state index >= 15 is 0 Å². The zero-order chi connectivity index (χ0) is 20.8. The number of aliphatic hydroxyl groups excluding tert-OH is 2. The van der Waals surface area contributed by atoms with Gasteiger partial charge in [0.25, 0.3) is 5.91 Å². The molecule has 0 unspecified atom stereocenters. The number of fused-ring (bicyclic) bond motifs is 2. The molecule has 4 heterocycles. The van der Waals surface area contributed by atoms with Crippen molar-refractivity contribution in [2.24, 2.45) is 0 Å². The summed E-state index contributed by atoms with van der Waals surface area (Å²) in [7, 11) is 0. The molecule has 0 saturated carbocycles. The van der Waals surface area contributed by atoms with Gasteiger partial charge in [-0.1, -0.05) is 0 Å². The lowest BCUT2D eigenvalue weighted by molar-refractivity contribution is -0.0440. The molecule has 0 spiro atoms. The summed E-state index contributed by atoms with van der Waals surface area (Å²) in [5, 5.41) is 23.0. The van der Waals surface area contributed by atoms with Gasteiger partial charge in [0.1, 0.15) is 30.1 Å². The molecule has 3 aromatic rings. The Bertz CT molecular complexity index is 1120. The van der Waals surface area contributed by atoms with Crippen LogP contribution in [0.1, 0.15) is 16.6 Å². The Kier molecular flexibility index (Phi) is 4.38. The molecule has 1 amide bonds. The number of carbonyl (C=O) groups is 1. The summed E-state index contributed by atoms with van der Waals surface area (Å²) in [5.74, 6) is 0.750. The number of nitrogens with one attached hydrogen (secondary N) is 1. The second kappa shape index (κ2) is 7.09. The van der Waals surface area contributed by atoms with Crippen LogP contribution in [0.3, 0.4) is 0 Å². The fourth-order valence-corrected chi connectivity index (χ4v) is 3.62. The van der Waals surface area contributed by atoms with E-state index in [2.05, 4.69) is 20.3 Å². The number of ether oxygens (including phenoxy) is 3. The molecular formula is C18H18N6O6. The summed E-state index contributed by atoms with van der Waals surface area (Å²) in [4.78, 5) is 25.1. The van der Waals surface area contributed by atoms with Crippen molar-refractivity contribution in [1.82, 2.24) is 24.8 Å². The van der Waals surface area contributed by atoms with E-state index in [0.29, 0.717) is 28.2 Å². The van der Waals surface area contributed by atoms with Gasteiger partial charge in [0.2, 0.25) is 6.79 Å². The summed E-state index contributed by atoms with van der Waals surface area (Å²) >= 11 is 0. The van der Waals surface area contributed by atoms with Crippen LogP contribution in [0, 0.1) is 0 Å². The van der Waals surface area contributed by atoms with Crippen molar-refractivity contribution in [3.8, 4) is 11.5 Å². The number of aliphatic hydroxyl groups is 2. The van der Waals surface area contributed by atoms with Gasteiger partial charge in [0.05, 0.1) is 12.9 Å². The van der Waals surface area contributed by atoms with Gasteiger partial charge < -0.3 is 35.5 Å². The molecule has 12 heteroatoms. The van der Waals surface area contributed by atoms with Crippen LogP contribution < -0.4 is 20.5 Å². The number of rotatable bonds is 4.